The first-order valence-corrected chi connectivity index (χ1v) is 7.95. The molecule has 1 aliphatic rings. The molecule has 0 atom stereocenters. The van der Waals surface area contributed by atoms with Gasteiger partial charge >= 0.3 is 0 Å². The van der Waals surface area contributed by atoms with Gasteiger partial charge in [0.1, 0.15) is 5.69 Å². The van der Waals surface area contributed by atoms with Gasteiger partial charge in [0.15, 0.2) is 11.5 Å². The number of nitrogens with zero attached hydrogens (tertiary/aromatic N) is 3. The van der Waals surface area contributed by atoms with Gasteiger partial charge in [0, 0.05) is 36.9 Å². The normalized spacial score (nSPS) is 11.8. The Morgan fingerprint density at radius 2 is 2.04 bits per heavy atom. The molecule has 0 spiro atoms. The lowest BCUT2D eigenvalue weighted by Crippen LogP contribution is -2.15. The topological polar surface area (TPSA) is 98.3 Å². The summed E-state index contributed by atoms with van der Waals surface area (Å²) in [4.78, 5) is 24.9. The SMILES string of the molecule is O=C(Nc1ccc2c(c1)OCO2)c1ccnc(NCc2cccnc2)n1. The van der Waals surface area contributed by atoms with Gasteiger partial charge in [0.2, 0.25) is 12.7 Å². The summed E-state index contributed by atoms with van der Waals surface area (Å²) in [6, 6.07) is 10.6. The number of carbonyl (C=O) groups is 1. The maximum Gasteiger partial charge on any atom is 0.274 e. The third-order valence-corrected chi connectivity index (χ3v) is 3.69. The Bertz CT molecular complexity index is 933. The maximum absolute atomic E-state index is 12.4. The average Bonchev–Trinajstić information content (AvgIpc) is 3.15. The first-order chi connectivity index (χ1) is 12.8. The van der Waals surface area contributed by atoms with Crippen LogP contribution in [0.3, 0.4) is 0 Å². The van der Waals surface area contributed by atoms with Crippen molar-refractivity contribution in [3.63, 3.8) is 0 Å². The van der Waals surface area contributed by atoms with Gasteiger partial charge < -0.3 is 20.1 Å². The zero-order valence-electron chi connectivity index (χ0n) is 13.7. The molecular formula is C18H15N5O3. The number of benzene rings is 1. The summed E-state index contributed by atoms with van der Waals surface area (Å²) in [6.45, 7) is 0.700. The minimum atomic E-state index is -0.337. The predicted octanol–water partition coefficient (Wildman–Crippen LogP) is 2.46. The summed E-state index contributed by atoms with van der Waals surface area (Å²) in [7, 11) is 0. The molecule has 2 N–H and O–H groups in total. The molecule has 2 aromatic heterocycles. The number of nitrogens with one attached hydrogen (secondary N) is 2. The number of carbonyl (C=O) groups excluding carboxylic acids is 1. The number of ether oxygens (including phenoxy) is 2. The fraction of sp³-hybridized carbons (Fsp3) is 0.111. The molecule has 0 aliphatic carbocycles. The van der Waals surface area contributed by atoms with Crippen LogP contribution in [0.25, 0.3) is 0 Å². The molecule has 130 valence electrons. The van der Waals surface area contributed by atoms with E-state index in [1.807, 2.05) is 12.1 Å². The lowest BCUT2D eigenvalue weighted by Gasteiger charge is -2.08. The predicted molar refractivity (Wildman–Crippen MR) is 94.1 cm³/mol. The zero-order valence-corrected chi connectivity index (χ0v) is 13.7. The third-order valence-electron chi connectivity index (χ3n) is 3.69. The van der Waals surface area contributed by atoms with E-state index in [0.717, 1.165) is 5.56 Å². The van der Waals surface area contributed by atoms with E-state index in [9.17, 15) is 4.79 Å². The Kier molecular flexibility index (Phi) is 4.29. The number of pyridine rings is 1. The Labute approximate surface area is 149 Å². The highest BCUT2D eigenvalue weighted by atomic mass is 16.7. The van der Waals surface area contributed by atoms with Crippen LogP contribution in [0.1, 0.15) is 16.1 Å². The van der Waals surface area contributed by atoms with E-state index in [1.54, 1.807) is 36.7 Å². The second-order valence-corrected chi connectivity index (χ2v) is 5.50. The number of rotatable bonds is 5. The highest BCUT2D eigenvalue weighted by molar-refractivity contribution is 6.03. The van der Waals surface area contributed by atoms with Crippen LogP contribution in [0.2, 0.25) is 0 Å². The second kappa shape index (κ2) is 7.06. The Hall–Kier alpha value is -3.68. The highest BCUT2D eigenvalue weighted by Gasteiger charge is 2.15. The summed E-state index contributed by atoms with van der Waals surface area (Å²) in [5.74, 6) is 1.29. The van der Waals surface area contributed by atoms with Crippen molar-refractivity contribution in [2.75, 3.05) is 17.4 Å². The minimum Gasteiger partial charge on any atom is -0.454 e. The van der Waals surface area contributed by atoms with Crippen LogP contribution in [0.4, 0.5) is 11.6 Å². The van der Waals surface area contributed by atoms with Gasteiger partial charge in [0.25, 0.3) is 5.91 Å². The molecule has 0 radical (unpaired) electrons. The Morgan fingerprint density at radius 3 is 2.92 bits per heavy atom. The molecule has 0 fully saturated rings. The molecule has 8 nitrogen and oxygen atoms in total. The molecule has 0 unspecified atom stereocenters. The van der Waals surface area contributed by atoms with E-state index >= 15 is 0 Å². The van der Waals surface area contributed by atoms with Crippen molar-refractivity contribution >= 4 is 17.5 Å². The monoisotopic (exact) mass is 349 g/mol. The third kappa shape index (κ3) is 3.54. The number of fused-ring (bicyclic) bond motifs is 1. The van der Waals surface area contributed by atoms with E-state index in [4.69, 9.17) is 9.47 Å². The van der Waals surface area contributed by atoms with Crippen molar-refractivity contribution in [3.05, 3.63) is 66.2 Å². The van der Waals surface area contributed by atoms with E-state index in [1.165, 1.54) is 6.20 Å². The van der Waals surface area contributed by atoms with Crippen LogP contribution in [-0.4, -0.2) is 27.7 Å². The van der Waals surface area contributed by atoms with E-state index in [0.29, 0.717) is 29.7 Å². The summed E-state index contributed by atoms with van der Waals surface area (Å²) in [5.41, 5.74) is 1.85. The quantitative estimate of drug-likeness (QED) is 0.730. The Morgan fingerprint density at radius 1 is 1.12 bits per heavy atom. The van der Waals surface area contributed by atoms with E-state index < -0.39 is 0 Å². The van der Waals surface area contributed by atoms with Gasteiger partial charge in [0.05, 0.1) is 0 Å². The van der Waals surface area contributed by atoms with Crippen molar-refractivity contribution in [2.45, 2.75) is 6.54 Å². The molecule has 8 heteroatoms. The van der Waals surface area contributed by atoms with Crippen molar-refractivity contribution in [1.29, 1.82) is 0 Å². The largest absolute Gasteiger partial charge is 0.454 e. The number of hydrogen-bond acceptors (Lipinski definition) is 7. The molecule has 1 amide bonds. The molecule has 3 heterocycles. The zero-order chi connectivity index (χ0) is 17.8. The fourth-order valence-corrected chi connectivity index (χ4v) is 2.42. The summed E-state index contributed by atoms with van der Waals surface area (Å²) >= 11 is 0. The Balaban J connectivity index is 1.43. The van der Waals surface area contributed by atoms with Crippen LogP contribution in [0.15, 0.2) is 55.0 Å². The van der Waals surface area contributed by atoms with Crippen LogP contribution in [0.5, 0.6) is 11.5 Å². The summed E-state index contributed by atoms with van der Waals surface area (Å²) in [5, 5.41) is 5.86. The van der Waals surface area contributed by atoms with Crippen LogP contribution in [0, 0.1) is 0 Å². The molecule has 0 saturated heterocycles. The summed E-state index contributed by atoms with van der Waals surface area (Å²) in [6.07, 6.45) is 5.00. The van der Waals surface area contributed by atoms with Crippen LogP contribution >= 0.6 is 0 Å². The van der Waals surface area contributed by atoms with Gasteiger partial charge in [-0.05, 0) is 29.8 Å². The first-order valence-electron chi connectivity index (χ1n) is 7.95. The molecule has 1 aromatic carbocycles. The molecule has 1 aliphatic heterocycles. The molecular weight excluding hydrogens is 334 g/mol. The number of aromatic nitrogens is 3. The van der Waals surface area contributed by atoms with Crippen molar-refractivity contribution in [2.24, 2.45) is 0 Å². The summed E-state index contributed by atoms with van der Waals surface area (Å²) < 4.78 is 10.6. The van der Waals surface area contributed by atoms with Gasteiger partial charge in [-0.3, -0.25) is 9.78 Å². The molecule has 0 bridgehead atoms. The highest BCUT2D eigenvalue weighted by Crippen LogP contribution is 2.34. The van der Waals surface area contributed by atoms with Gasteiger partial charge in [-0.15, -0.1) is 0 Å². The van der Waals surface area contributed by atoms with Gasteiger partial charge in [-0.1, -0.05) is 6.07 Å². The van der Waals surface area contributed by atoms with Crippen molar-refractivity contribution in [3.8, 4) is 11.5 Å². The number of anilines is 2. The van der Waals surface area contributed by atoms with Crippen LogP contribution in [-0.2, 0) is 6.54 Å². The fourth-order valence-electron chi connectivity index (χ4n) is 2.42. The van der Waals surface area contributed by atoms with Crippen LogP contribution < -0.4 is 20.1 Å². The minimum absolute atomic E-state index is 0.185. The van der Waals surface area contributed by atoms with Gasteiger partial charge in [-0.25, -0.2) is 9.97 Å². The first kappa shape index (κ1) is 15.8. The van der Waals surface area contributed by atoms with Gasteiger partial charge in [-0.2, -0.15) is 0 Å². The van der Waals surface area contributed by atoms with Crippen molar-refractivity contribution in [1.82, 2.24) is 15.0 Å². The van der Waals surface area contributed by atoms with E-state index in [2.05, 4.69) is 25.6 Å². The molecule has 4 rings (SSSR count). The standard InChI is InChI=1S/C18H15N5O3/c24-17(22-13-3-4-15-16(8-13)26-11-25-15)14-5-7-20-18(23-14)21-10-12-2-1-6-19-9-12/h1-9H,10-11H2,(H,22,24)(H,20,21,23). The number of amides is 1. The molecule has 0 saturated carbocycles. The average molecular weight is 349 g/mol. The smallest absolute Gasteiger partial charge is 0.274 e. The lowest BCUT2D eigenvalue weighted by atomic mass is 10.2. The molecule has 3 aromatic rings. The lowest BCUT2D eigenvalue weighted by molar-refractivity contribution is 0.102. The van der Waals surface area contributed by atoms with E-state index in [-0.39, 0.29) is 18.4 Å². The molecule has 26 heavy (non-hydrogen) atoms. The maximum atomic E-state index is 12.4. The van der Waals surface area contributed by atoms with Crippen molar-refractivity contribution < 1.29 is 14.3 Å². The number of hydrogen-bond donors (Lipinski definition) is 2. The second-order valence-electron chi connectivity index (χ2n) is 5.50.